The number of methoxy groups -OCH3 is 2. The van der Waals surface area contributed by atoms with Crippen molar-refractivity contribution in [2.75, 3.05) is 14.2 Å². The lowest BCUT2D eigenvalue weighted by molar-refractivity contribution is 0.184. The Hall–Kier alpha value is -3.48. The zero-order valence-electron chi connectivity index (χ0n) is 19.2. The Morgan fingerprint density at radius 1 is 1.00 bits per heavy atom. The van der Waals surface area contributed by atoms with Gasteiger partial charge < -0.3 is 24.7 Å². The summed E-state index contributed by atoms with van der Waals surface area (Å²) in [6, 6.07) is 15.3. The van der Waals surface area contributed by atoms with Gasteiger partial charge in [0.2, 0.25) is 0 Å². The Balaban J connectivity index is 1.63. The topological polar surface area (TPSA) is 83.7 Å². The molecular weight excluding hydrogens is 418 g/mol. The van der Waals surface area contributed by atoms with Crippen LogP contribution in [0.2, 0.25) is 0 Å². The van der Waals surface area contributed by atoms with Crippen molar-refractivity contribution in [1.29, 1.82) is 0 Å². The molecule has 0 saturated heterocycles. The van der Waals surface area contributed by atoms with Crippen LogP contribution >= 0.6 is 0 Å². The van der Waals surface area contributed by atoms with E-state index in [-0.39, 0.29) is 24.2 Å². The molecule has 2 N–H and O–H groups in total. The van der Waals surface area contributed by atoms with Gasteiger partial charge in [-0.25, -0.2) is 4.79 Å². The summed E-state index contributed by atoms with van der Waals surface area (Å²) in [5.41, 5.74) is 1.96. The van der Waals surface area contributed by atoms with E-state index in [2.05, 4.69) is 10.3 Å². The first-order valence-electron chi connectivity index (χ1n) is 11.4. The van der Waals surface area contributed by atoms with Gasteiger partial charge in [-0.15, -0.1) is 0 Å². The molecule has 7 heteroatoms. The lowest BCUT2D eigenvalue weighted by Gasteiger charge is -2.28. The Bertz CT molecular complexity index is 1150. The summed E-state index contributed by atoms with van der Waals surface area (Å²) in [6.45, 7) is 0.621. The first-order valence-corrected chi connectivity index (χ1v) is 11.4. The number of ether oxygens (including phenoxy) is 2. The minimum Gasteiger partial charge on any atom is -0.493 e. The number of nitrogens with zero attached hydrogens (tertiary/aromatic N) is 1. The van der Waals surface area contributed by atoms with E-state index in [1.54, 1.807) is 25.2 Å². The van der Waals surface area contributed by atoms with E-state index in [0.717, 1.165) is 36.6 Å². The monoisotopic (exact) mass is 449 g/mol. The fraction of sp³-hybridized carbons (Fsp3) is 0.385. The number of hydrogen-bond donors (Lipinski definition) is 2. The molecule has 0 atom stereocenters. The molecule has 0 spiro atoms. The van der Waals surface area contributed by atoms with Crippen molar-refractivity contribution in [3.63, 3.8) is 0 Å². The fourth-order valence-corrected chi connectivity index (χ4v) is 4.42. The summed E-state index contributed by atoms with van der Waals surface area (Å²) in [5.74, 6) is 1.13. The Labute approximate surface area is 193 Å². The number of aromatic nitrogens is 1. The number of fused-ring (bicyclic) bond motifs is 1. The van der Waals surface area contributed by atoms with Gasteiger partial charge in [0.15, 0.2) is 11.5 Å². The van der Waals surface area contributed by atoms with Crippen LogP contribution in [0.1, 0.15) is 43.2 Å². The van der Waals surface area contributed by atoms with Crippen LogP contribution < -0.4 is 20.3 Å². The highest BCUT2D eigenvalue weighted by Crippen LogP contribution is 2.31. The SMILES string of the molecule is COc1cc2cc(CN(Cc3ccccc3)C(=O)NC3CCCCC3)c(=O)[nH]c2cc1OC. The molecule has 1 aliphatic carbocycles. The molecule has 0 aliphatic heterocycles. The molecule has 1 aliphatic rings. The summed E-state index contributed by atoms with van der Waals surface area (Å²) in [7, 11) is 3.13. The molecular formula is C26H31N3O4. The molecule has 1 fully saturated rings. The number of urea groups is 1. The molecule has 174 valence electrons. The van der Waals surface area contributed by atoms with Crippen molar-refractivity contribution in [2.45, 2.75) is 51.2 Å². The lowest BCUT2D eigenvalue weighted by Crippen LogP contribution is -2.45. The maximum absolute atomic E-state index is 13.2. The molecule has 4 rings (SSSR count). The smallest absolute Gasteiger partial charge is 0.318 e. The van der Waals surface area contributed by atoms with Crippen LogP contribution in [0.3, 0.4) is 0 Å². The second kappa shape index (κ2) is 10.4. The number of pyridine rings is 1. The number of benzene rings is 2. The fourth-order valence-electron chi connectivity index (χ4n) is 4.42. The summed E-state index contributed by atoms with van der Waals surface area (Å²) in [5, 5.41) is 4.00. The van der Waals surface area contributed by atoms with Crippen LogP contribution in [-0.2, 0) is 13.1 Å². The van der Waals surface area contributed by atoms with Crippen molar-refractivity contribution in [2.24, 2.45) is 0 Å². The van der Waals surface area contributed by atoms with Crippen molar-refractivity contribution in [1.82, 2.24) is 15.2 Å². The van der Waals surface area contributed by atoms with Gasteiger partial charge in [-0.1, -0.05) is 49.6 Å². The van der Waals surface area contributed by atoms with Crippen molar-refractivity contribution in [3.05, 3.63) is 70.0 Å². The summed E-state index contributed by atoms with van der Waals surface area (Å²) in [4.78, 5) is 30.8. The van der Waals surface area contributed by atoms with Crippen molar-refractivity contribution < 1.29 is 14.3 Å². The highest BCUT2D eigenvalue weighted by atomic mass is 16.5. The number of H-pyrrole nitrogens is 1. The Morgan fingerprint density at radius 3 is 2.39 bits per heavy atom. The number of carbonyl (C=O) groups excluding carboxylic acids is 1. The highest BCUT2D eigenvalue weighted by molar-refractivity contribution is 5.83. The lowest BCUT2D eigenvalue weighted by atomic mass is 9.96. The van der Waals surface area contributed by atoms with Crippen LogP contribution in [-0.4, -0.2) is 36.2 Å². The first-order chi connectivity index (χ1) is 16.1. The van der Waals surface area contributed by atoms with E-state index in [1.165, 1.54) is 6.42 Å². The van der Waals surface area contributed by atoms with E-state index in [0.29, 0.717) is 29.1 Å². The molecule has 3 aromatic rings. The average Bonchev–Trinajstić information content (AvgIpc) is 2.84. The minimum atomic E-state index is -0.224. The number of amides is 2. The third-order valence-electron chi connectivity index (χ3n) is 6.22. The molecule has 1 aromatic heterocycles. The third kappa shape index (κ3) is 5.48. The zero-order valence-corrected chi connectivity index (χ0v) is 19.2. The molecule has 1 heterocycles. The third-order valence-corrected chi connectivity index (χ3v) is 6.22. The molecule has 0 unspecified atom stereocenters. The van der Waals surface area contributed by atoms with Gasteiger partial charge in [0, 0.05) is 29.6 Å². The predicted molar refractivity (Wildman–Crippen MR) is 129 cm³/mol. The van der Waals surface area contributed by atoms with Gasteiger partial charge in [0.1, 0.15) is 0 Å². The Kier molecular flexibility index (Phi) is 7.17. The van der Waals surface area contributed by atoms with Crippen LogP contribution in [0, 0.1) is 0 Å². The summed E-state index contributed by atoms with van der Waals surface area (Å²) < 4.78 is 10.7. The molecule has 2 aromatic carbocycles. The van der Waals surface area contributed by atoms with Gasteiger partial charge in [0.05, 0.1) is 26.3 Å². The zero-order chi connectivity index (χ0) is 23.2. The van der Waals surface area contributed by atoms with E-state index in [9.17, 15) is 9.59 Å². The normalized spacial score (nSPS) is 14.1. The average molecular weight is 450 g/mol. The number of rotatable bonds is 7. The molecule has 2 amide bonds. The van der Waals surface area contributed by atoms with Crippen LogP contribution in [0.5, 0.6) is 11.5 Å². The molecule has 0 bridgehead atoms. The summed E-state index contributed by atoms with van der Waals surface area (Å²) in [6.07, 6.45) is 5.51. The maximum Gasteiger partial charge on any atom is 0.318 e. The van der Waals surface area contributed by atoms with E-state index < -0.39 is 0 Å². The first kappa shape index (κ1) is 22.7. The van der Waals surface area contributed by atoms with Gasteiger partial charge >= 0.3 is 6.03 Å². The second-order valence-corrected chi connectivity index (χ2v) is 8.54. The highest BCUT2D eigenvalue weighted by Gasteiger charge is 2.21. The van der Waals surface area contributed by atoms with Crippen LogP contribution in [0.4, 0.5) is 4.79 Å². The van der Waals surface area contributed by atoms with Gasteiger partial charge in [-0.3, -0.25) is 4.79 Å². The van der Waals surface area contributed by atoms with Crippen LogP contribution in [0.15, 0.2) is 53.3 Å². The molecule has 1 saturated carbocycles. The van der Waals surface area contributed by atoms with E-state index >= 15 is 0 Å². The molecule has 7 nitrogen and oxygen atoms in total. The number of carbonyl (C=O) groups is 1. The van der Waals surface area contributed by atoms with Gasteiger partial charge in [-0.2, -0.15) is 0 Å². The Morgan fingerprint density at radius 2 is 1.70 bits per heavy atom. The maximum atomic E-state index is 13.2. The number of nitrogens with one attached hydrogen (secondary N) is 2. The molecule has 33 heavy (non-hydrogen) atoms. The summed E-state index contributed by atoms with van der Waals surface area (Å²) >= 11 is 0. The largest absolute Gasteiger partial charge is 0.493 e. The van der Waals surface area contributed by atoms with Crippen LogP contribution in [0.25, 0.3) is 10.9 Å². The molecule has 0 radical (unpaired) electrons. The standard InChI is InChI=1S/C26H31N3O4/c1-32-23-14-19-13-20(25(30)28-22(19)15-24(23)33-2)17-29(16-18-9-5-3-6-10-18)26(31)27-21-11-7-4-8-12-21/h3,5-6,9-10,13-15,21H,4,7-8,11-12,16-17H2,1-2H3,(H,27,31)(H,28,30). The van der Waals surface area contributed by atoms with Crippen molar-refractivity contribution >= 4 is 16.9 Å². The van der Waals surface area contributed by atoms with Gasteiger partial charge in [0.25, 0.3) is 5.56 Å². The van der Waals surface area contributed by atoms with E-state index in [1.807, 2.05) is 42.5 Å². The number of aromatic amines is 1. The number of hydrogen-bond acceptors (Lipinski definition) is 4. The van der Waals surface area contributed by atoms with E-state index in [4.69, 9.17) is 9.47 Å². The quantitative estimate of drug-likeness (QED) is 0.553. The van der Waals surface area contributed by atoms with Gasteiger partial charge in [-0.05, 0) is 30.5 Å². The minimum absolute atomic E-state index is 0.141. The predicted octanol–water partition coefficient (Wildman–Crippen LogP) is 4.59. The van der Waals surface area contributed by atoms with Crippen molar-refractivity contribution in [3.8, 4) is 11.5 Å². The second-order valence-electron chi connectivity index (χ2n) is 8.54.